The van der Waals surface area contributed by atoms with Crippen LogP contribution in [0.5, 0.6) is 0 Å². The van der Waals surface area contributed by atoms with Gasteiger partial charge in [0.15, 0.2) is 6.10 Å². The van der Waals surface area contributed by atoms with Crippen molar-refractivity contribution in [2.45, 2.75) is 373 Å². The van der Waals surface area contributed by atoms with E-state index in [0.717, 1.165) is 161 Å². The van der Waals surface area contributed by atoms with Gasteiger partial charge in [-0.15, -0.1) is 0 Å². The smallest absolute Gasteiger partial charge is 0.463 e. The Morgan fingerprint density at radius 3 is 0.771 bits per heavy atom. The molecule has 0 fully saturated rings. The van der Waals surface area contributed by atoms with Crippen molar-refractivity contribution in [2.24, 2.45) is 0 Å². The standard InChI is InChI=1S/C91H156O16P2/c1-4-7-10-13-16-19-22-25-28-30-32-34-36-38-40-41-42-43-45-47-48-50-52-54-57-59-62-65-68-71-74-77-89(94)101-80-86(92)81-103-108(97,98)104-82-87(93)83-105-109(99,100)106-85-88(107-91(96)79-76-73-70-67-64-61-56-27-24-21-18-15-12-9-6-3)84-102-90(95)78-75-72-69-66-63-60-58-55-53-51-49-46-44-39-37-35-33-31-29-26-23-20-17-14-11-8-5-2/h7-8,10-11,16-17,19-20,25-26,28-29,32-35,38-40,42-44,49,51,86-88,92-93H,4-6,9,12-15,18,21-24,27,30-31,36-37,41,45-48,50,52-85H2,1-3H3,(H,97,98)(H,99,100)/b10-7-,11-8-,19-16-,20-17-,28-25-,29-26-,34-32-,35-33-,40-38-,43-42-,44-39-,51-49-. The van der Waals surface area contributed by atoms with E-state index in [1.807, 2.05) is 0 Å². The Morgan fingerprint density at radius 1 is 0.266 bits per heavy atom. The van der Waals surface area contributed by atoms with Crippen molar-refractivity contribution in [1.82, 2.24) is 0 Å². The van der Waals surface area contributed by atoms with Crippen LogP contribution in [0.1, 0.15) is 355 Å². The number of hydrogen-bond acceptors (Lipinski definition) is 14. The monoisotopic (exact) mass is 1570 g/mol. The second-order valence-corrected chi connectivity index (χ2v) is 31.5. The predicted molar refractivity (Wildman–Crippen MR) is 454 cm³/mol. The Hall–Kier alpha value is -4.57. The number of carbonyl (C=O) groups excluding carboxylic acids is 3. The molecule has 0 aliphatic rings. The molecular formula is C91H156O16P2. The lowest BCUT2D eigenvalue weighted by Gasteiger charge is -2.21. The molecule has 0 saturated carbocycles. The average molecular weight is 1570 g/mol. The Balaban J connectivity index is 4.52. The van der Waals surface area contributed by atoms with Crippen LogP contribution in [0.2, 0.25) is 0 Å². The van der Waals surface area contributed by atoms with Crippen LogP contribution in [0.15, 0.2) is 146 Å². The first-order valence-electron chi connectivity index (χ1n) is 43.1. The molecule has 0 bridgehead atoms. The SMILES string of the molecule is CC/C=C\C/C=C\C/C=C\C/C=C\C/C=C\C/C=C\CCCCCCCCCCCCCCC(=O)OCC(O)COP(=O)(O)OCC(O)COP(=O)(O)OCC(COC(=O)CCCCCCCCCC/C=C\C/C=C\C/C=C\C/C=C\C/C=C\C/C=C\CC)OC(=O)CCCCCCCCCCCCCCCCC. The highest BCUT2D eigenvalue weighted by molar-refractivity contribution is 7.47. The summed E-state index contributed by atoms with van der Waals surface area (Å²) in [5, 5.41) is 20.7. The molecule has 5 unspecified atom stereocenters. The number of aliphatic hydroxyl groups excluding tert-OH is 2. The number of aliphatic hydroxyl groups is 2. The van der Waals surface area contributed by atoms with E-state index in [1.54, 1.807) is 0 Å². The van der Waals surface area contributed by atoms with Gasteiger partial charge in [-0.05, 0) is 122 Å². The van der Waals surface area contributed by atoms with Gasteiger partial charge in [0.05, 0.1) is 26.4 Å². The van der Waals surface area contributed by atoms with E-state index in [1.165, 1.54) is 135 Å². The fourth-order valence-corrected chi connectivity index (χ4v) is 13.2. The van der Waals surface area contributed by atoms with Crippen LogP contribution >= 0.6 is 15.6 Å². The Labute approximate surface area is 664 Å². The number of hydrogen-bond donors (Lipinski definition) is 4. The minimum Gasteiger partial charge on any atom is -0.463 e. The molecule has 0 aromatic rings. The maximum Gasteiger partial charge on any atom is 0.472 e. The van der Waals surface area contributed by atoms with E-state index in [0.29, 0.717) is 19.3 Å². The molecule has 0 aliphatic heterocycles. The maximum atomic E-state index is 13.0. The third-order valence-electron chi connectivity index (χ3n) is 18.1. The van der Waals surface area contributed by atoms with E-state index in [4.69, 9.17) is 32.3 Å². The van der Waals surface area contributed by atoms with Crippen molar-refractivity contribution in [1.29, 1.82) is 0 Å². The summed E-state index contributed by atoms with van der Waals surface area (Å²) in [7, 11) is -9.80. The van der Waals surface area contributed by atoms with Crippen molar-refractivity contribution in [3.05, 3.63) is 146 Å². The lowest BCUT2D eigenvalue weighted by molar-refractivity contribution is -0.161. The molecule has 5 atom stereocenters. The van der Waals surface area contributed by atoms with Gasteiger partial charge in [0.2, 0.25) is 0 Å². The van der Waals surface area contributed by atoms with Crippen LogP contribution in [0.25, 0.3) is 0 Å². The number of allylic oxidation sites excluding steroid dienone is 24. The number of phosphoric acid groups is 2. The minimum atomic E-state index is -4.94. The second kappa shape index (κ2) is 82.9. The Morgan fingerprint density at radius 2 is 0.486 bits per heavy atom. The molecule has 0 aromatic heterocycles. The van der Waals surface area contributed by atoms with Crippen LogP contribution in [0.3, 0.4) is 0 Å². The molecule has 0 aliphatic carbocycles. The highest BCUT2D eigenvalue weighted by Crippen LogP contribution is 2.45. The second-order valence-electron chi connectivity index (χ2n) is 28.6. The lowest BCUT2D eigenvalue weighted by Crippen LogP contribution is -2.30. The third kappa shape index (κ3) is 84.2. The first kappa shape index (κ1) is 104. The van der Waals surface area contributed by atoms with Gasteiger partial charge in [-0.3, -0.25) is 32.5 Å². The van der Waals surface area contributed by atoms with Gasteiger partial charge >= 0.3 is 33.6 Å². The number of rotatable bonds is 81. The molecule has 109 heavy (non-hydrogen) atoms. The van der Waals surface area contributed by atoms with Gasteiger partial charge in [0.25, 0.3) is 0 Å². The van der Waals surface area contributed by atoms with Gasteiger partial charge in [-0.2, -0.15) is 0 Å². The largest absolute Gasteiger partial charge is 0.472 e. The van der Waals surface area contributed by atoms with Crippen molar-refractivity contribution in [3.63, 3.8) is 0 Å². The summed E-state index contributed by atoms with van der Waals surface area (Å²) < 4.78 is 61.3. The molecular weight excluding hydrogens is 1410 g/mol. The first-order valence-corrected chi connectivity index (χ1v) is 46.1. The number of unbranched alkanes of at least 4 members (excludes halogenated alkanes) is 34. The molecule has 0 aromatic carbocycles. The van der Waals surface area contributed by atoms with E-state index < -0.39 is 91.5 Å². The molecule has 0 saturated heterocycles. The number of carbonyl (C=O) groups is 3. The van der Waals surface area contributed by atoms with E-state index in [9.17, 15) is 43.5 Å². The minimum absolute atomic E-state index is 0.104. The van der Waals surface area contributed by atoms with Crippen molar-refractivity contribution >= 4 is 33.6 Å². The summed E-state index contributed by atoms with van der Waals surface area (Å²) >= 11 is 0. The van der Waals surface area contributed by atoms with Crippen LogP contribution in [0, 0.1) is 0 Å². The normalized spacial score (nSPS) is 14.6. The van der Waals surface area contributed by atoms with Crippen molar-refractivity contribution < 1.29 is 75.8 Å². The summed E-state index contributed by atoms with van der Waals surface area (Å²) in [5.74, 6) is -1.57. The molecule has 626 valence electrons. The van der Waals surface area contributed by atoms with Crippen molar-refractivity contribution in [3.8, 4) is 0 Å². The molecule has 0 rings (SSSR count). The zero-order valence-corrected chi connectivity index (χ0v) is 70.5. The van der Waals surface area contributed by atoms with Crippen LogP contribution in [0.4, 0.5) is 0 Å². The zero-order valence-electron chi connectivity index (χ0n) is 68.7. The van der Waals surface area contributed by atoms with E-state index in [-0.39, 0.29) is 19.3 Å². The number of ether oxygens (including phenoxy) is 3. The number of esters is 3. The quantitative estimate of drug-likeness (QED) is 0.0146. The first-order chi connectivity index (χ1) is 53.2. The summed E-state index contributed by atoms with van der Waals surface area (Å²) in [5.41, 5.74) is 0. The third-order valence-corrected chi connectivity index (χ3v) is 20.0. The average Bonchev–Trinajstić information content (AvgIpc) is 0.940. The molecule has 0 heterocycles. The summed E-state index contributed by atoms with van der Waals surface area (Å²) in [6.07, 6.45) is 103. The highest BCUT2D eigenvalue weighted by Gasteiger charge is 2.29. The fraction of sp³-hybridized carbons (Fsp3) is 0.703. The van der Waals surface area contributed by atoms with Gasteiger partial charge < -0.3 is 34.2 Å². The molecule has 0 radical (unpaired) electrons. The van der Waals surface area contributed by atoms with E-state index >= 15 is 0 Å². The summed E-state index contributed by atoms with van der Waals surface area (Å²) in [6.45, 7) is 2.48. The maximum absolute atomic E-state index is 13.0. The number of phosphoric ester groups is 2. The van der Waals surface area contributed by atoms with Gasteiger partial charge in [0.1, 0.15) is 25.4 Å². The molecule has 0 spiro atoms. The molecule has 16 nitrogen and oxygen atoms in total. The van der Waals surface area contributed by atoms with Crippen LogP contribution in [-0.4, -0.2) is 95.9 Å². The summed E-state index contributed by atoms with van der Waals surface area (Å²) in [6, 6.07) is 0. The molecule has 4 N–H and O–H groups in total. The van der Waals surface area contributed by atoms with Crippen LogP contribution in [-0.2, 0) is 55.8 Å². The lowest BCUT2D eigenvalue weighted by atomic mass is 10.0. The van der Waals surface area contributed by atoms with Gasteiger partial charge in [-0.1, -0.05) is 359 Å². The molecule has 18 heteroatoms. The summed E-state index contributed by atoms with van der Waals surface area (Å²) in [4.78, 5) is 58.8. The predicted octanol–water partition coefficient (Wildman–Crippen LogP) is 26.0. The Kier molecular flexibility index (Phi) is 79.4. The van der Waals surface area contributed by atoms with E-state index in [2.05, 4.69) is 167 Å². The molecule has 0 amide bonds. The van der Waals surface area contributed by atoms with Crippen molar-refractivity contribution in [2.75, 3.05) is 39.6 Å². The highest BCUT2D eigenvalue weighted by atomic mass is 31.2. The zero-order chi connectivity index (χ0) is 79.4. The van der Waals surface area contributed by atoms with Gasteiger partial charge in [0, 0.05) is 19.3 Å². The fourth-order valence-electron chi connectivity index (χ4n) is 11.6. The topological polar surface area (TPSA) is 231 Å². The van der Waals surface area contributed by atoms with Gasteiger partial charge in [-0.25, -0.2) is 9.13 Å². The Bertz CT molecular complexity index is 2560. The van der Waals surface area contributed by atoms with Crippen LogP contribution < -0.4 is 0 Å².